The van der Waals surface area contributed by atoms with Crippen LogP contribution in [-0.4, -0.2) is 13.0 Å². The highest BCUT2D eigenvalue weighted by molar-refractivity contribution is 9.10. The van der Waals surface area contributed by atoms with Crippen LogP contribution in [0.15, 0.2) is 40.9 Å². The van der Waals surface area contributed by atoms with Crippen LogP contribution in [0.2, 0.25) is 0 Å². The molecule has 1 amide bonds. The molecular weight excluding hydrogens is 320 g/mol. The third-order valence-electron chi connectivity index (χ3n) is 2.94. The first-order valence-electron chi connectivity index (χ1n) is 6.02. The van der Waals surface area contributed by atoms with Crippen molar-refractivity contribution in [3.8, 4) is 5.75 Å². The number of nitrogens with one attached hydrogen (secondary N) is 1. The van der Waals surface area contributed by atoms with Crippen LogP contribution in [0.5, 0.6) is 5.75 Å². The van der Waals surface area contributed by atoms with Crippen molar-refractivity contribution >= 4 is 33.2 Å². The Morgan fingerprint density at radius 1 is 1.25 bits per heavy atom. The predicted molar refractivity (Wildman–Crippen MR) is 84.2 cm³/mol. The Kier molecular flexibility index (Phi) is 4.29. The SMILES string of the molecule is COc1ccc(NC(=O)c2ccc(Br)cc2N)c(C)c1. The first-order valence-corrected chi connectivity index (χ1v) is 6.81. The molecule has 20 heavy (non-hydrogen) atoms. The number of methoxy groups -OCH3 is 1. The first kappa shape index (κ1) is 14.4. The molecule has 0 aliphatic rings. The molecule has 4 nitrogen and oxygen atoms in total. The van der Waals surface area contributed by atoms with Crippen molar-refractivity contribution in [3.05, 3.63) is 52.0 Å². The summed E-state index contributed by atoms with van der Waals surface area (Å²) in [6, 6.07) is 10.6. The van der Waals surface area contributed by atoms with Crippen LogP contribution in [0.25, 0.3) is 0 Å². The minimum absolute atomic E-state index is 0.233. The molecule has 2 aromatic carbocycles. The normalized spacial score (nSPS) is 10.2. The Labute approximate surface area is 126 Å². The number of ether oxygens (including phenoxy) is 1. The van der Waals surface area contributed by atoms with E-state index in [-0.39, 0.29) is 5.91 Å². The van der Waals surface area contributed by atoms with Gasteiger partial charge in [0.15, 0.2) is 0 Å². The standard InChI is InChI=1S/C15H15BrN2O2/c1-9-7-11(20-2)4-6-14(9)18-15(19)12-5-3-10(16)8-13(12)17/h3-8H,17H2,1-2H3,(H,18,19). The largest absolute Gasteiger partial charge is 0.497 e. The second kappa shape index (κ2) is 5.96. The van der Waals surface area contributed by atoms with Crippen molar-refractivity contribution in [1.82, 2.24) is 0 Å². The molecule has 3 N–H and O–H groups in total. The summed E-state index contributed by atoms with van der Waals surface area (Å²) >= 11 is 3.31. The molecule has 0 aromatic heterocycles. The summed E-state index contributed by atoms with van der Waals surface area (Å²) in [4.78, 5) is 12.2. The minimum atomic E-state index is -0.233. The van der Waals surface area contributed by atoms with Crippen LogP contribution in [0.1, 0.15) is 15.9 Å². The van der Waals surface area contributed by atoms with Crippen molar-refractivity contribution in [3.63, 3.8) is 0 Å². The average Bonchev–Trinajstić information content (AvgIpc) is 2.40. The van der Waals surface area contributed by atoms with Gasteiger partial charge in [0.2, 0.25) is 0 Å². The van der Waals surface area contributed by atoms with E-state index in [1.165, 1.54) is 0 Å². The molecule has 0 saturated heterocycles. The number of halogens is 1. The number of hydrogen-bond acceptors (Lipinski definition) is 3. The van der Waals surface area contributed by atoms with Crippen molar-refractivity contribution in [2.24, 2.45) is 0 Å². The summed E-state index contributed by atoms with van der Waals surface area (Å²) in [5.74, 6) is 0.520. The number of nitrogen functional groups attached to an aromatic ring is 1. The molecule has 0 aliphatic carbocycles. The number of amides is 1. The molecule has 104 valence electrons. The van der Waals surface area contributed by atoms with Gasteiger partial charge in [0.25, 0.3) is 5.91 Å². The fourth-order valence-electron chi connectivity index (χ4n) is 1.83. The predicted octanol–water partition coefficient (Wildman–Crippen LogP) is 3.60. The van der Waals surface area contributed by atoms with Crippen molar-refractivity contribution in [1.29, 1.82) is 0 Å². The second-order valence-corrected chi connectivity index (χ2v) is 5.28. The monoisotopic (exact) mass is 334 g/mol. The van der Waals surface area contributed by atoms with E-state index in [1.54, 1.807) is 37.4 Å². The molecular formula is C15H15BrN2O2. The summed E-state index contributed by atoms with van der Waals surface area (Å²) in [5, 5.41) is 2.85. The zero-order chi connectivity index (χ0) is 14.7. The van der Waals surface area contributed by atoms with Crippen LogP contribution in [-0.2, 0) is 0 Å². The van der Waals surface area contributed by atoms with E-state index < -0.39 is 0 Å². The van der Waals surface area contributed by atoms with E-state index in [4.69, 9.17) is 10.5 Å². The molecule has 0 aliphatic heterocycles. The van der Waals surface area contributed by atoms with Gasteiger partial charge in [-0.2, -0.15) is 0 Å². The molecule has 0 spiro atoms. The number of carbonyl (C=O) groups is 1. The summed E-state index contributed by atoms with van der Waals surface area (Å²) < 4.78 is 5.97. The maximum absolute atomic E-state index is 12.2. The highest BCUT2D eigenvalue weighted by Gasteiger charge is 2.11. The lowest BCUT2D eigenvalue weighted by Crippen LogP contribution is -2.14. The molecule has 0 fully saturated rings. The third-order valence-corrected chi connectivity index (χ3v) is 3.43. The summed E-state index contributed by atoms with van der Waals surface area (Å²) in [7, 11) is 1.61. The third kappa shape index (κ3) is 3.11. The highest BCUT2D eigenvalue weighted by atomic mass is 79.9. The van der Waals surface area contributed by atoms with Gasteiger partial charge in [-0.05, 0) is 48.9 Å². The molecule has 0 radical (unpaired) electrons. The number of hydrogen-bond donors (Lipinski definition) is 2. The van der Waals surface area contributed by atoms with Gasteiger partial charge in [0.05, 0.1) is 12.7 Å². The number of benzene rings is 2. The molecule has 0 atom stereocenters. The van der Waals surface area contributed by atoms with Gasteiger partial charge >= 0.3 is 0 Å². The minimum Gasteiger partial charge on any atom is -0.497 e. The van der Waals surface area contributed by atoms with Crippen molar-refractivity contribution in [2.45, 2.75) is 6.92 Å². The van der Waals surface area contributed by atoms with Crippen LogP contribution < -0.4 is 15.8 Å². The van der Waals surface area contributed by atoms with Gasteiger partial charge in [0, 0.05) is 15.8 Å². The number of rotatable bonds is 3. The average molecular weight is 335 g/mol. The molecule has 2 rings (SSSR count). The van der Waals surface area contributed by atoms with Gasteiger partial charge < -0.3 is 15.8 Å². The topological polar surface area (TPSA) is 64.3 Å². The lowest BCUT2D eigenvalue weighted by atomic mass is 10.1. The number of carbonyl (C=O) groups excluding carboxylic acids is 1. The summed E-state index contributed by atoms with van der Waals surface area (Å²) in [5.41, 5.74) is 8.39. The Morgan fingerprint density at radius 3 is 2.60 bits per heavy atom. The lowest BCUT2D eigenvalue weighted by molar-refractivity contribution is 0.102. The zero-order valence-corrected chi connectivity index (χ0v) is 12.8. The molecule has 0 saturated carbocycles. The van der Waals surface area contributed by atoms with Gasteiger partial charge in [-0.3, -0.25) is 4.79 Å². The van der Waals surface area contributed by atoms with E-state index in [0.29, 0.717) is 11.3 Å². The fourth-order valence-corrected chi connectivity index (χ4v) is 2.21. The van der Waals surface area contributed by atoms with E-state index in [1.807, 2.05) is 13.0 Å². The van der Waals surface area contributed by atoms with Crippen LogP contribution in [0.3, 0.4) is 0 Å². The van der Waals surface area contributed by atoms with Crippen LogP contribution >= 0.6 is 15.9 Å². The van der Waals surface area contributed by atoms with Gasteiger partial charge in [-0.1, -0.05) is 15.9 Å². The van der Waals surface area contributed by atoms with E-state index in [0.717, 1.165) is 21.5 Å². The van der Waals surface area contributed by atoms with Crippen molar-refractivity contribution < 1.29 is 9.53 Å². The van der Waals surface area contributed by atoms with Crippen LogP contribution in [0.4, 0.5) is 11.4 Å². The molecule has 2 aromatic rings. The van der Waals surface area contributed by atoms with Crippen molar-refractivity contribution in [2.75, 3.05) is 18.2 Å². The highest BCUT2D eigenvalue weighted by Crippen LogP contribution is 2.23. The van der Waals surface area contributed by atoms with E-state index in [9.17, 15) is 4.79 Å². The molecule has 5 heteroatoms. The fraction of sp³-hybridized carbons (Fsp3) is 0.133. The maximum Gasteiger partial charge on any atom is 0.257 e. The van der Waals surface area contributed by atoms with Crippen LogP contribution in [0, 0.1) is 6.92 Å². The maximum atomic E-state index is 12.2. The smallest absolute Gasteiger partial charge is 0.257 e. The molecule has 0 bridgehead atoms. The number of nitrogens with two attached hydrogens (primary N) is 1. The lowest BCUT2D eigenvalue weighted by Gasteiger charge is -2.11. The van der Waals surface area contributed by atoms with Gasteiger partial charge in [0.1, 0.15) is 5.75 Å². The Balaban J connectivity index is 2.23. The van der Waals surface area contributed by atoms with Gasteiger partial charge in [-0.15, -0.1) is 0 Å². The Bertz CT molecular complexity index is 656. The van der Waals surface area contributed by atoms with Gasteiger partial charge in [-0.25, -0.2) is 0 Å². The quantitative estimate of drug-likeness (QED) is 0.843. The number of anilines is 2. The first-order chi connectivity index (χ1) is 9.51. The summed E-state index contributed by atoms with van der Waals surface area (Å²) in [6.45, 7) is 1.91. The molecule has 0 heterocycles. The molecule has 0 unspecified atom stereocenters. The van der Waals surface area contributed by atoms with E-state index in [2.05, 4.69) is 21.2 Å². The second-order valence-electron chi connectivity index (χ2n) is 4.37. The van der Waals surface area contributed by atoms with E-state index >= 15 is 0 Å². The Morgan fingerprint density at radius 2 is 2.00 bits per heavy atom. The zero-order valence-electron chi connectivity index (χ0n) is 11.2. The number of aryl methyl sites for hydroxylation is 1. The Hall–Kier alpha value is -2.01. The summed E-state index contributed by atoms with van der Waals surface area (Å²) in [6.07, 6.45) is 0.